The number of carbonyl (C=O) groups is 1. The minimum absolute atomic E-state index is 0. The van der Waals surface area contributed by atoms with Crippen molar-refractivity contribution in [2.75, 3.05) is 0 Å². The SMILES string of the molecule is CC1(C)c2cc[c-]c3c2-c2c1cccc2[Si](C)(C)c1cc2ccccc2nc1-3.CCC(CC)C(=O)/C=C(\O)C(CC)CC.[Ir]. The van der Waals surface area contributed by atoms with Gasteiger partial charge in [-0.3, -0.25) is 9.78 Å². The van der Waals surface area contributed by atoms with Crippen molar-refractivity contribution in [3.63, 3.8) is 0 Å². The van der Waals surface area contributed by atoms with E-state index < -0.39 is 8.07 Å². The first-order valence-electron chi connectivity index (χ1n) is 16.1. The zero-order chi connectivity index (χ0) is 31.1. The zero-order valence-corrected chi connectivity index (χ0v) is 30.9. The standard InChI is InChI=1S/C26H22NSi.C13H24O2.Ir/c1-26(2)18-11-7-10-17-23(18)24-19(26)12-8-14-21(24)28(3,4)22-15-16-9-5-6-13-20(16)27-25(17)22;1-5-10(6-2)12(14)9-13(15)11(7-3)8-4;/h5-9,11-15H,1-4H3;9-11,14H,5-8H2,1-4H3;/q-1;;/b;12-9-;. The molecule has 6 rings (SSSR count). The molecule has 1 aliphatic heterocycles. The maximum Gasteiger partial charge on any atom is 0.162 e. The van der Waals surface area contributed by atoms with Gasteiger partial charge in [0, 0.05) is 38.0 Å². The topological polar surface area (TPSA) is 50.2 Å². The molecule has 1 aromatic heterocycles. The van der Waals surface area contributed by atoms with Crippen molar-refractivity contribution in [3.05, 3.63) is 89.7 Å². The van der Waals surface area contributed by atoms with Crippen LogP contribution in [0.1, 0.15) is 78.4 Å². The van der Waals surface area contributed by atoms with Gasteiger partial charge in [-0.1, -0.05) is 119 Å². The summed E-state index contributed by atoms with van der Waals surface area (Å²) in [5.74, 6) is 0.547. The van der Waals surface area contributed by atoms with Crippen LogP contribution in [0.15, 0.2) is 72.5 Å². The van der Waals surface area contributed by atoms with Gasteiger partial charge in [0.05, 0.1) is 11.3 Å². The summed E-state index contributed by atoms with van der Waals surface area (Å²) in [5.41, 5.74) is 9.13. The van der Waals surface area contributed by atoms with Crippen molar-refractivity contribution in [2.24, 2.45) is 11.8 Å². The molecule has 1 N–H and O–H groups in total. The number of fused-ring (bicyclic) bond motifs is 3. The monoisotopic (exact) mass is 781 g/mol. The van der Waals surface area contributed by atoms with E-state index in [1.807, 2.05) is 27.7 Å². The molecule has 3 aromatic carbocycles. The number of ketones is 1. The first kappa shape index (κ1) is 34.0. The van der Waals surface area contributed by atoms with Gasteiger partial charge in [-0.2, -0.15) is 0 Å². The van der Waals surface area contributed by atoms with Crippen molar-refractivity contribution >= 4 is 35.1 Å². The number of benzene rings is 3. The molecule has 0 spiro atoms. The van der Waals surface area contributed by atoms with Gasteiger partial charge in [0.2, 0.25) is 0 Å². The summed E-state index contributed by atoms with van der Waals surface area (Å²) in [7, 11) is -1.94. The van der Waals surface area contributed by atoms with Gasteiger partial charge in [-0.05, 0) is 53.8 Å². The van der Waals surface area contributed by atoms with Gasteiger partial charge in [0.1, 0.15) is 8.07 Å². The number of aliphatic hydroxyl groups is 1. The summed E-state index contributed by atoms with van der Waals surface area (Å²) >= 11 is 0. The summed E-state index contributed by atoms with van der Waals surface area (Å²) in [6.07, 6.45) is 4.91. The Hall–Kier alpha value is -2.85. The Morgan fingerprint density at radius 3 is 2.18 bits per heavy atom. The average molecular weight is 781 g/mol. The molecule has 0 amide bonds. The van der Waals surface area contributed by atoms with Gasteiger partial charge in [-0.15, -0.1) is 29.3 Å². The summed E-state index contributed by atoms with van der Waals surface area (Å²) in [6.45, 7) is 17.7. The van der Waals surface area contributed by atoms with Crippen LogP contribution in [-0.2, 0) is 30.3 Å². The van der Waals surface area contributed by atoms with Gasteiger partial charge < -0.3 is 5.11 Å². The number of aromatic nitrogens is 1. The molecule has 1 aliphatic carbocycles. The molecule has 2 aliphatic rings. The molecule has 0 saturated heterocycles. The van der Waals surface area contributed by atoms with E-state index >= 15 is 0 Å². The third-order valence-electron chi connectivity index (χ3n) is 10.0. The molecule has 5 heteroatoms. The molecule has 4 aromatic rings. The molecule has 0 atom stereocenters. The number of carbonyl (C=O) groups excluding carboxylic acids is 1. The number of hydrogen-bond donors (Lipinski definition) is 1. The number of allylic oxidation sites excluding steroid dienone is 2. The fourth-order valence-corrected chi connectivity index (χ4v) is 10.2. The second-order valence-corrected chi connectivity index (χ2v) is 17.5. The van der Waals surface area contributed by atoms with Crippen LogP contribution in [0.3, 0.4) is 0 Å². The van der Waals surface area contributed by atoms with E-state index in [1.54, 1.807) is 0 Å². The van der Waals surface area contributed by atoms with Crippen LogP contribution < -0.4 is 10.4 Å². The van der Waals surface area contributed by atoms with E-state index in [2.05, 4.69) is 93.7 Å². The van der Waals surface area contributed by atoms with Gasteiger partial charge in [0.15, 0.2) is 5.78 Å². The van der Waals surface area contributed by atoms with Crippen molar-refractivity contribution < 1.29 is 30.0 Å². The Labute approximate surface area is 278 Å². The maximum atomic E-state index is 11.7. The van der Waals surface area contributed by atoms with Gasteiger partial charge in [-0.25, -0.2) is 0 Å². The van der Waals surface area contributed by atoms with Crippen LogP contribution in [0.25, 0.3) is 33.3 Å². The van der Waals surface area contributed by atoms with Crippen LogP contribution in [-0.4, -0.2) is 23.9 Å². The molecular weight excluding hydrogens is 735 g/mol. The normalized spacial score (nSPS) is 15.2. The molecule has 0 saturated carbocycles. The number of rotatable bonds is 7. The van der Waals surface area contributed by atoms with Crippen molar-refractivity contribution in [3.8, 4) is 22.4 Å². The quantitative estimate of drug-likeness (QED) is 0.0882. The Bertz CT molecular complexity index is 1710. The van der Waals surface area contributed by atoms with E-state index in [0.717, 1.165) is 36.9 Å². The minimum atomic E-state index is -1.94. The fraction of sp³-hybridized carbons (Fsp3) is 0.385. The van der Waals surface area contributed by atoms with E-state index in [-0.39, 0.29) is 48.9 Å². The smallest absolute Gasteiger partial charge is 0.162 e. The Balaban J connectivity index is 0.000000239. The molecule has 2 heterocycles. The van der Waals surface area contributed by atoms with Crippen LogP contribution in [0.5, 0.6) is 0 Å². The first-order valence-corrected chi connectivity index (χ1v) is 19.1. The zero-order valence-electron chi connectivity index (χ0n) is 27.5. The largest absolute Gasteiger partial charge is 0.512 e. The number of pyridine rings is 1. The molecule has 0 bridgehead atoms. The maximum absolute atomic E-state index is 11.7. The Kier molecular flexibility index (Phi) is 10.2. The van der Waals surface area contributed by atoms with Crippen molar-refractivity contribution in [1.82, 2.24) is 4.98 Å². The molecule has 3 nitrogen and oxygen atoms in total. The molecule has 44 heavy (non-hydrogen) atoms. The van der Waals surface area contributed by atoms with E-state index in [4.69, 9.17) is 4.98 Å². The Morgan fingerprint density at radius 1 is 0.886 bits per heavy atom. The van der Waals surface area contributed by atoms with Crippen LogP contribution in [0, 0.1) is 17.9 Å². The summed E-state index contributed by atoms with van der Waals surface area (Å²) in [4.78, 5) is 16.9. The van der Waals surface area contributed by atoms with Crippen molar-refractivity contribution in [1.29, 1.82) is 0 Å². The van der Waals surface area contributed by atoms with Crippen LogP contribution in [0.4, 0.5) is 0 Å². The fourth-order valence-electron chi connectivity index (χ4n) is 7.18. The summed E-state index contributed by atoms with van der Waals surface area (Å²) in [6, 6.07) is 25.8. The van der Waals surface area contributed by atoms with Gasteiger partial charge in [0.25, 0.3) is 0 Å². The molecule has 1 radical (unpaired) electrons. The van der Waals surface area contributed by atoms with E-state index in [0.29, 0.717) is 0 Å². The molecule has 233 valence electrons. The molecule has 0 unspecified atom stereocenters. The second-order valence-electron chi connectivity index (χ2n) is 13.2. The van der Waals surface area contributed by atoms with Gasteiger partial charge >= 0.3 is 0 Å². The second kappa shape index (κ2) is 13.2. The van der Waals surface area contributed by atoms with Crippen LogP contribution >= 0.6 is 0 Å². The van der Waals surface area contributed by atoms with E-state index in [1.165, 1.54) is 49.7 Å². The summed E-state index contributed by atoms with van der Waals surface area (Å²) in [5, 5.41) is 14.0. The number of aliphatic hydroxyl groups excluding tert-OH is 1. The first-order chi connectivity index (χ1) is 20.5. The predicted molar refractivity (Wildman–Crippen MR) is 184 cm³/mol. The molecule has 0 fully saturated rings. The van der Waals surface area contributed by atoms with Crippen LogP contribution in [0.2, 0.25) is 13.1 Å². The average Bonchev–Trinajstić information content (AvgIpc) is 3.20. The third kappa shape index (κ3) is 5.68. The summed E-state index contributed by atoms with van der Waals surface area (Å²) < 4.78 is 0. The number of nitrogens with zero attached hydrogens (tertiary/aromatic N) is 1. The minimum Gasteiger partial charge on any atom is -0.512 e. The molecular formula is C39H46IrNO2Si-. The Morgan fingerprint density at radius 2 is 1.52 bits per heavy atom. The van der Waals surface area contributed by atoms with E-state index in [9.17, 15) is 9.90 Å². The number of hydrogen-bond acceptors (Lipinski definition) is 3. The predicted octanol–water partition coefficient (Wildman–Crippen LogP) is 9.01. The number of para-hydroxylation sites is 1. The third-order valence-corrected chi connectivity index (χ3v) is 13.5. The van der Waals surface area contributed by atoms with Crippen molar-refractivity contribution in [2.45, 2.75) is 85.7 Å².